The maximum atomic E-state index is 12.7. The summed E-state index contributed by atoms with van der Waals surface area (Å²) in [6.07, 6.45) is 0. The molecule has 0 aliphatic heterocycles. The van der Waals surface area contributed by atoms with Gasteiger partial charge >= 0.3 is 23.9 Å². The normalized spacial score (nSPS) is 21.6. The summed E-state index contributed by atoms with van der Waals surface area (Å²) in [6, 6.07) is 13.4. The highest BCUT2D eigenvalue weighted by Crippen LogP contribution is 2.58. The van der Waals surface area contributed by atoms with E-state index in [1.807, 2.05) is 0 Å². The molecule has 0 spiro atoms. The molecule has 0 radical (unpaired) electrons. The molecule has 4 atom stereocenters. The Morgan fingerprint density at radius 2 is 0.969 bits per heavy atom. The predicted molar refractivity (Wildman–Crippen MR) is 112 cm³/mol. The summed E-state index contributed by atoms with van der Waals surface area (Å²) >= 11 is 0. The van der Waals surface area contributed by atoms with Gasteiger partial charge in [-0.05, 0) is 35.4 Å². The Bertz CT molecular complexity index is 960. The zero-order valence-electron chi connectivity index (χ0n) is 18.2. The second-order valence-electron chi connectivity index (χ2n) is 7.38. The second-order valence-corrected chi connectivity index (χ2v) is 7.38. The van der Waals surface area contributed by atoms with Gasteiger partial charge in [-0.2, -0.15) is 0 Å². The van der Waals surface area contributed by atoms with Crippen molar-refractivity contribution in [3.8, 4) is 0 Å². The molecule has 0 saturated heterocycles. The van der Waals surface area contributed by atoms with Gasteiger partial charge in [-0.3, -0.25) is 9.59 Å². The molecule has 0 amide bonds. The molecule has 2 aromatic rings. The van der Waals surface area contributed by atoms with E-state index in [-0.39, 0.29) is 0 Å². The Labute approximate surface area is 185 Å². The molecule has 0 aromatic heterocycles. The molecule has 1 fully saturated rings. The number of carbonyl (C=O) groups excluding carboxylic acids is 4. The molecule has 8 heteroatoms. The van der Waals surface area contributed by atoms with Gasteiger partial charge in [0.05, 0.1) is 51.4 Å². The molecule has 32 heavy (non-hydrogen) atoms. The van der Waals surface area contributed by atoms with Gasteiger partial charge in [0.25, 0.3) is 0 Å². The quantitative estimate of drug-likeness (QED) is 0.499. The summed E-state index contributed by atoms with van der Waals surface area (Å²) in [7, 11) is 5.07. The lowest BCUT2D eigenvalue weighted by molar-refractivity contribution is -0.168. The van der Waals surface area contributed by atoms with Gasteiger partial charge in [-0.15, -0.1) is 0 Å². The van der Waals surface area contributed by atoms with Gasteiger partial charge < -0.3 is 18.9 Å². The van der Waals surface area contributed by atoms with Crippen molar-refractivity contribution in [3.05, 3.63) is 70.8 Å². The van der Waals surface area contributed by atoms with Crippen LogP contribution in [-0.2, 0) is 28.5 Å². The molecule has 2 aromatic carbocycles. The number of rotatable bonds is 6. The molecule has 1 aliphatic carbocycles. The fraction of sp³-hybridized carbons (Fsp3) is 0.333. The average Bonchev–Trinajstić information content (AvgIpc) is 2.82. The third kappa shape index (κ3) is 4.08. The fourth-order valence-corrected chi connectivity index (χ4v) is 4.42. The lowest BCUT2D eigenvalue weighted by Gasteiger charge is -2.49. The van der Waals surface area contributed by atoms with E-state index in [4.69, 9.17) is 18.9 Å². The molecular formula is C24H24O8. The number of carbonyl (C=O) groups is 4. The van der Waals surface area contributed by atoms with Crippen LogP contribution in [0.4, 0.5) is 0 Å². The van der Waals surface area contributed by atoms with E-state index in [0.29, 0.717) is 22.3 Å². The van der Waals surface area contributed by atoms with Crippen LogP contribution in [0.3, 0.4) is 0 Å². The highest BCUT2D eigenvalue weighted by atomic mass is 16.5. The summed E-state index contributed by atoms with van der Waals surface area (Å²) in [6.45, 7) is 0. The molecule has 1 saturated carbocycles. The highest BCUT2D eigenvalue weighted by molar-refractivity contribution is 5.91. The number of esters is 4. The molecule has 8 nitrogen and oxygen atoms in total. The molecule has 168 valence electrons. The van der Waals surface area contributed by atoms with Gasteiger partial charge in [-0.25, -0.2) is 9.59 Å². The molecule has 0 heterocycles. The number of ether oxygens (including phenoxy) is 4. The van der Waals surface area contributed by atoms with Gasteiger partial charge in [0.2, 0.25) is 0 Å². The van der Waals surface area contributed by atoms with Gasteiger partial charge in [-0.1, -0.05) is 24.3 Å². The van der Waals surface area contributed by atoms with E-state index < -0.39 is 47.5 Å². The summed E-state index contributed by atoms with van der Waals surface area (Å²) in [5.41, 5.74) is 1.96. The van der Waals surface area contributed by atoms with E-state index in [0.717, 1.165) is 0 Å². The van der Waals surface area contributed by atoms with Crippen LogP contribution in [0.1, 0.15) is 43.7 Å². The first-order valence-electron chi connectivity index (χ1n) is 9.90. The van der Waals surface area contributed by atoms with Gasteiger partial charge in [0, 0.05) is 11.8 Å². The van der Waals surface area contributed by atoms with Gasteiger partial charge in [0.1, 0.15) is 0 Å². The number of benzene rings is 2. The third-order valence-electron chi connectivity index (χ3n) is 5.88. The smallest absolute Gasteiger partial charge is 0.337 e. The van der Waals surface area contributed by atoms with E-state index in [2.05, 4.69) is 0 Å². The van der Waals surface area contributed by atoms with Crippen molar-refractivity contribution < 1.29 is 38.1 Å². The zero-order chi connectivity index (χ0) is 23.4. The lowest BCUT2D eigenvalue weighted by Crippen LogP contribution is -2.52. The largest absolute Gasteiger partial charge is 0.469 e. The Morgan fingerprint density at radius 3 is 1.28 bits per heavy atom. The van der Waals surface area contributed by atoms with Crippen LogP contribution in [0.5, 0.6) is 0 Å². The van der Waals surface area contributed by atoms with Crippen LogP contribution in [0.25, 0.3) is 0 Å². The molecule has 3 rings (SSSR count). The van der Waals surface area contributed by atoms with Crippen LogP contribution in [0.2, 0.25) is 0 Å². The maximum Gasteiger partial charge on any atom is 0.337 e. The predicted octanol–water partition coefficient (Wildman–Crippen LogP) is 2.72. The van der Waals surface area contributed by atoms with E-state index in [9.17, 15) is 19.2 Å². The first-order valence-corrected chi connectivity index (χ1v) is 9.90. The van der Waals surface area contributed by atoms with Crippen molar-refractivity contribution in [3.63, 3.8) is 0 Å². The van der Waals surface area contributed by atoms with Crippen molar-refractivity contribution in [2.24, 2.45) is 11.8 Å². The van der Waals surface area contributed by atoms with E-state index in [1.165, 1.54) is 28.4 Å². The maximum absolute atomic E-state index is 12.7. The summed E-state index contributed by atoms with van der Waals surface area (Å²) in [5.74, 6) is -4.81. The van der Waals surface area contributed by atoms with Crippen molar-refractivity contribution in [2.75, 3.05) is 28.4 Å². The van der Waals surface area contributed by atoms with Gasteiger partial charge in [0.15, 0.2) is 0 Å². The minimum atomic E-state index is -0.827. The summed E-state index contributed by atoms with van der Waals surface area (Å²) < 4.78 is 19.6. The lowest BCUT2D eigenvalue weighted by atomic mass is 9.52. The number of hydrogen-bond acceptors (Lipinski definition) is 8. The van der Waals surface area contributed by atoms with E-state index >= 15 is 0 Å². The molecular weight excluding hydrogens is 416 g/mol. The molecule has 0 unspecified atom stereocenters. The van der Waals surface area contributed by atoms with Crippen LogP contribution >= 0.6 is 0 Å². The minimum Gasteiger partial charge on any atom is -0.469 e. The van der Waals surface area contributed by atoms with Crippen molar-refractivity contribution >= 4 is 23.9 Å². The third-order valence-corrected chi connectivity index (χ3v) is 5.88. The Balaban J connectivity index is 2.14. The first-order chi connectivity index (χ1) is 15.4. The Hall–Kier alpha value is -3.68. The summed E-state index contributed by atoms with van der Waals surface area (Å²) in [4.78, 5) is 49.5. The highest BCUT2D eigenvalue weighted by Gasteiger charge is 2.59. The Kier molecular flexibility index (Phi) is 6.92. The van der Waals surface area contributed by atoms with Crippen molar-refractivity contribution in [1.82, 2.24) is 0 Å². The van der Waals surface area contributed by atoms with Crippen molar-refractivity contribution in [2.45, 2.75) is 11.8 Å². The van der Waals surface area contributed by atoms with Crippen LogP contribution in [0, 0.1) is 11.8 Å². The van der Waals surface area contributed by atoms with E-state index in [1.54, 1.807) is 48.5 Å². The molecule has 0 N–H and O–H groups in total. The fourth-order valence-electron chi connectivity index (χ4n) is 4.42. The Morgan fingerprint density at radius 1 is 0.594 bits per heavy atom. The number of hydrogen-bond donors (Lipinski definition) is 0. The SMILES string of the molecule is COC(=O)c1cccc([C@@H]2[C@@H](C(=O)OC)[C@@H](C(=O)OC)[C@@H]2c2cccc(C(=O)OC)c2)c1. The topological polar surface area (TPSA) is 105 Å². The van der Waals surface area contributed by atoms with Crippen LogP contribution in [-0.4, -0.2) is 52.3 Å². The van der Waals surface area contributed by atoms with Crippen LogP contribution < -0.4 is 0 Å². The van der Waals surface area contributed by atoms with Crippen molar-refractivity contribution in [1.29, 1.82) is 0 Å². The monoisotopic (exact) mass is 440 g/mol. The second kappa shape index (κ2) is 9.64. The molecule has 0 bridgehead atoms. The standard InChI is InChI=1S/C24H24O8/c1-29-21(25)15-9-5-7-13(11-15)17-18(14-8-6-10-16(12-14)22(26)30-2)20(24(28)32-4)19(17)23(27)31-3/h5-12,17-20H,1-4H3/t17-,18+,19+,20-. The van der Waals surface area contributed by atoms with Crippen LogP contribution in [0.15, 0.2) is 48.5 Å². The average molecular weight is 440 g/mol. The first kappa shape index (κ1) is 23.0. The summed E-state index contributed by atoms with van der Waals surface area (Å²) in [5, 5.41) is 0. The number of methoxy groups -OCH3 is 4. The minimum absolute atomic E-state index is 0.317. The molecule has 1 aliphatic rings. The zero-order valence-corrected chi connectivity index (χ0v) is 18.2.